The van der Waals surface area contributed by atoms with Crippen molar-refractivity contribution >= 4 is 0 Å². The van der Waals surface area contributed by atoms with Gasteiger partial charge in [0.15, 0.2) is 0 Å². The standard InChI is InChI=1S/C17H25NO2/c1-12(2)18-8-9-20-16(11-18)17(19)15-10-14(15)13-6-4-3-5-7-13/h3-7,12,14-17,19H,8-11H2,1-2H3. The van der Waals surface area contributed by atoms with Crippen LogP contribution in [0.1, 0.15) is 31.7 Å². The van der Waals surface area contributed by atoms with Gasteiger partial charge < -0.3 is 9.84 Å². The van der Waals surface area contributed by atoms with Gasteiger partial charge in [0.2, 0.25) is 0 Å². The van der Waals surface area contributed by atoms with E-state index < -0.39 is 0 Å². The third-order valence-electron chi connectivity index (χ3n) is 4.74. The van der Waals surface area contributed by atoms with Gasteiger partial charge in [-0.1, -0.05) is 30.3 Å². The molecule has 1 aliphatic heterocycles. The number of hydrogen-bond acceptors (Lipinski definition) is 3. The number of aliphatic hydroxyl groups is 1. The molecule has 4 atom stereocenters. The van der Waals surface area contributed by atoms with Crippen molar-refractivity contribution in [2.24, 2.45) is 5.92 Å². The molecule has 0 aromatic heterocycles. The fourth-order valence-corrected chi connectivity index (χ4v) is 3.32. The maximum absolute atomic E-state index is 10.6. The lowest BCUT2D eigenvalue weighted by molar-refractivity contribution is -0.101. The van der Waals surface area contributed by atoms with Crippen LogP contribution in [-0.2, 0) is 4.74 Å². The van der Waals surface area contributed by atoms with Gasteiger partial charge in [-0.25, -0.2) is 0 Å². The highest BCUT2D eigenvalue weighted by molar-refractivity contribution is 5.26. The molecule has 1 heterocycles. The van der Waals surface area contributed by atoms with E-state index in [1.54, 1.807) is 0 Å². The van der Waals surface area contributed by atoms with Gasteiger partial charge in [0.25, 0.3) is 0 Å². The van der Waals surface area contributed by atoms with Crippen LogP contribution in [0.4, 0.5) is 0 Å². The summed E-state index contributed by atoms with van der Waals surface area (Å²) in [5.74, 6) is 0.888. The van der Waals surface area contributed by atoms with Gasteiger partial charge >= 0.3 is 0 Å². The molecule has 3 heteroatoms. The second-order valence-electron chi connectivity index (χ2n) is 6.41. The molecule has 0 bridgehead atoms. The van der Waals surface area contributed by atoms with E-state index in [1.165, 1.54) is 5.56 Å². The Morgan fingerprint density at radius 2 is 2.00 bits per heavy atom. The normalized spacial score (nSPS) is 32.3. The average molecular weight is 275 g/mol. The number of benzene rings is 1. The fourth-order valence-electron chi connectivity index (χ4n) is 3.32. The van der Waals surface area contributed by atoms with Gasteiger partial charge in [0, 0.05) is 19.1 Å². The van der Waals surface area contributed by atoms with Gasteiger partial charge in [-0.15, -0.1) is 0 Å². The first-order valence-corrected chi connectivity index (χ1v) is 7.75. The monoisotopic (exact) mass is 275 g/mol. The Hall–Kier alpha value is -0.900. The van der Waals surface area contributed by atoms with Crippen molar-refractivity contribution in [2.75, 3.05) is 19.7 Å². The highest BCUT2D eigenvalue weighted by Crippen LogP contribution is 2.50. The third kappa shape index (κ3) is 2.90. The maximum Gasteiger partial charge on any atom is 0.0964 e. The molecule has 0 amide bonds. The molecule has 110 valence electrons. The Kier molecular flexibility index (Phi) is 4.11. The zero-order valence-electron chi connectivity index (χ0n) is 12.4. The Morgan fingerprint density at radius 3 is 2.70 bits per heavy atom. The topological polar surface area (TPSA) is 32.7 Å². The summed E-state index contributed by atoms with van der Waals surface area (Å²) in [5, 5.41) is 10.6. The van der Waals surface area contributed by atoms with Crippen molar-refractivity contribution < 1.29 is 9.84 Å². The van der Waals surface area contributed by atoms with Crippen molar-refractivity contribution in [3.8, 4) is 0 Å². The minimum atomic E-state index is -0.332. The van der Waals surface area contributed by atoms with Gasteiger partial charge in [-0.3, -0.25) is 4.90 Å². The van der Waals surface area contributed by atoms with Crippen LogP contribution in [-0.4, -0.2) is 48.0 Å². The highest BCUT2D eigenvalue weighted by Gasteiger charge is 2.47. The first-order chi connectivity index (χ1) is 9.66. The molecule has 3 nitrogen and oxygen atoms in total. The summed E-state index contributed by atoms with van der Waals surface area (Å²) in [7, 11) is 0. The van der Waals surface area contributed by atoms with Crippen molar-refractivity contribution in [3.05, 3.63) is 35.9 Å². The summed E-state index contributed by atoms with van der Waals surface area (Å²) in [6, 6.07) is 11.1. The van der Waals surface area contributed by atoms with E-state index in [0.717, 1.165) is 26.1 Å². The van der Waals surface area contributed by atoms with Crippen LogP contribution < -0.4 is 0 Å². The molecule has 1 aromatic carbocycles. The predicted octanol–water partition coefficient (Wildman–Crippen LogP) is 2.26. The van der Waals surface area contributed by atoms with E-state index in [-0.39, 0.29) is 12.2 Å². The lowest BCUT2D eigenvalue weighted by atomic mass is 10.0. The summed E-state index contributed by atoms with van der Waals surface area (Å²) in [6.45, 7) is 6.99. The molecule has 1 aliphatic carbocycles. The van der Waals surface area contributed by atoms with Crippen molar-refractivity contribution in [1.82, 2.24) is 4.90 Å². The lowest BCUT2D eigenvalue weighted by Crippen LogP contribution is -2.50. The molecular weight excluding hydrogens is 250 g/mol. The predicted molar refractivity (Wildman–Crippen MR) is 79.7 cm³/mol. The van der Waals surface area contributed by atoms with Crippen LogP contribution in [0.15, 0.2) is 30.3 Å². The molecular formula is C17H25NO2. The second kappa shape index (κ2) is 5.84. The third-order valence-corrected chi connectivity index (χ3v) is 4.74. The Labute approximate surface area is 121 Å². The number of morpholine rings is 1. The number of aliphatic hydroxyl groups excluding tert-OH is 1. The zero-order valence-corrected chi connectivity index (χ0v) is 12.4. The summed E-state index contributed by atoms with van der Waals surface area (Å²) in [6.07, 6.45) is 0.735. The van der Waals surface area contributed by atoms with Gasteiger partial charge in [-0.05, 0) is 37.7 Å². The van der Waals surface area contributed by atoms with E-state index >= 15 is 0 Å². The van der Waals surface area contributed by atoms with Gasteiger partial charge in [-0.2, -0.15) is 0 Å². The molecule has 2 aliphatic rings. The smallest absolute Gasteiger partial charge is 0.0964 e. The maximum atomic E-state index is 10.6. The molecule has 1 saturated heterocycles. The van der Waals surface area contributed by atoms with E-state index in [9.17, 15) is 5.11 Å². The minimum absolute atomic E-state index is 0.0233. The number of nitrogens with zero attached hydrogens (tertiary/aromatic N) is 1. The van der Waals surface area contributed by atoms with E-state index in [4.69, 9.17) is 4.74 Å². The largest absolute Gasteiger partial charge is 0.390 e. The number of hydrogen-bond donors (Lipinski definition) is 1. The molecule has 2 fully saturated rings. The quantitative estimate of drug-likeness (QED) is 0.915. The van der Waals surface area contributed by atoms with E-state index in [0.29, 0.717) is 17.9 Å². The lowest BCUT2D eigenvalue weighted by Gasteiger charge is -2.37. The second-order valence-corrected chi connectivity index (χ2v) is 6.41. The highest BCUT2D eigenvalue weighted by atomic mass is 16.5. The van der Waals surface area contributed by atoms with E-state index in [1.807, 2.05) is 6.07 Å². The van der Waals surface area contributed by atoms with Crippen LogP contribution >= 0.6 is 0 Å². The molecule has 4 unspecified atom stereocenters. The Bertz CT molecular complexity index is 434. The van der Waals surface area contributed by atoms with E-state index in [2.05, 4.69) is 43.0 Å². The molecule has 3 rings (SSSR count). The minimum Gasteiger partial charge on any atom is -0.390 e. The number of ether oxygens (including phenoxy) is 1. The zero-order chi connectivity index (χ0) is 14.1. The summed E-state index contributed by atoms with van der Waals surface area (Å²) in [5.41, 5.74) is 1.35. The van der Waals surface area contributed by atoms with Crippen LogP contribution in [0.5, 0.6) is 0 Å². The Morgan fingerprint density at radius 1 is 1.25 bits per heavy atom. The van der Waals surface area contributed by atoms with Crippen molar-refractivity contribution in [3.63, 3.8) is 0 Å². The van der Waals surface area contributed by atoms with Crippen LogP contribution in [0.2, 0.25) is 0 Å². The van der Waals surface area contributed by atoms with Crippen LogP contribution in [0.25, 0.3) is 0 Å². The van der Waals surface area contributed by atoms with Crippen LogP contribution in [0, 0.1) is 5.92 Å². The molecule has 20 heavy (non-hydrogen) atoms. The Balaban J connectivity index is 1.59. The number of rotatable bonds is 4. The molecule has 1 N–H and O–H groups in total. The fraction of sp³-hybridized carbons (Fsp3) is 0.647. The molecule has 1 aromatic rings. The van der Waals surface area contributed by atoms with Crippen molar-refractivity contribution in [1.29, 1.82) is 0 Å². The molecule has 0 spiro atoms. The summed E-state index contributed by atoms with van der Waals surface area (Å²) < 4.78 is 5.81. The summed E-state index contributed by atoms with van der Waals surface area (Å²) in [4.78, 5) is 2.40. The SMILES string of the molecule is CC(C)N1CCOC(C(O)C2CC2c2ccccc2)C1. The van der Waals surface area contributed by atoms with Crippen molar-refractivity contribution in [2.45, 2.75) is 44.4 Å². The summed E-state index contributed by atoms with van der Waals surface area (Å²) >= 11 is 0. The first-order valence-electron chi connectivity index (χ1n) is 7.75. The molecule has 1 saturated carbocycles. The first kappa shape index (κ1) is 14.1. The van der Waals surface area contributed by atoms with Gasteiger partial charge in [0.1, 0.15) is 0 Å². The van der Waals surface area contributed by atoms with Gasteiger partial charge in [0.05, 0.1) is 18.8 Å². The molecule has 0 radical (unpaired) electrons. The average Bonchev–Trinajstić information content (AvgIpc) is 3.28. The van der Waals surface area contributed by atoms with Crippen LogP contribution in [0.3, 0.4) is 0 Å².